The number of unbranched alkanes of at least 4 members (excludes halogenated alkanes) is 1. The van der Waals surface area contributed by atoms with E-state index in [2.05, 4.69) is 5.92 Å². The summed E-state index contributed by atoms with van der Waals surface area (Å²) < 4.78 is 12.6. The zero-order chi connectivity index (χ0) is 11.1. The molecule has 0 saturated heterocycles. The molecule has 0 bridgehead atoms. The summed E-state index contributed by atoms with van der Waals surface area (Å²) in [7, 11) is 0. The molecule has 80 valence electrons. The van der Waals surface area contributed by atoms with E-state index < -0.39 is 0 Å². The molecule has 1 N–H and O–H groups in total. The average Bonchev–Trinajstić information content (AvgIpc) is 2.22. The lowest BCUT2D eigenvalue weighted by atomic mass is 10.0. The molecule has 2 heteroatoms. The van der Waals surface area contributed by atoms with Gasteiger partial charge in [0.2, 0.25) is 0 Å². The van der Waals surface area contributed by atoms with Gasteiger partial charge in [-0.3, -0.25) is 0 Å². The molecule has 0 aromatic heterocycles. The average molecular weight is 206 g/mol. The highest BCUT2D eigenvalue weighted by molar-refractivity contribution is 5.16. The van der Waals surface area contributed by atoms with Crippen LogP contribution in [0.15, 0.2) is 24.3 Å². The molecule has 0 heterocycles. The summed E-state index contributed by atoms with van der Waals surface area (Å²) in [5.41, 5.74) is 0.949. The Morgan fingerprint density at radius 3 is 2.60 bits per heavy atom. The van der Waals surface area contributed by atoms with E-state index in [9.17, 15) is 9.50 Å². The zero-order valence-electron chi connectivity index (χ0n) is 8.62. The van der Waals surface area contributed by atoms with Crippen LogP contribution in [0.4, 0.5) is 4.39 Å². The van der Waals surface area contributed by atoms with Gasteiger partial charge in [0.1, 0.15) is 5.82 Å². The lowest BCUT2D eigenvalue weighted by molar-refractivity contribution is 0.162. The minimum atomic E-state index is -0.385. The van der Waals surface area contributed by atoms with Gasteiger partial charge in [0.15, 0.2) is 0 Å². The first-order chi connectivity index (χ1) is 7.22. The fraction of sp³-hybridized carbons (Fsp3) is 0.385. The van der Waals surface area contributed by atoms with E-state index in [-0.39, 0.29) is 11.9 Å². The Labute approximate surface area is 89.9 Å². The second-order valence-electron chi connectivity index (χ2n) is 3.58. The predicted octanol–water partition coefficient (Wildman–Crippen LogP) is 2.53. The van der Waals surface area contributed by atoms with Gasteiger partial charge >= 0.3 is 0 Å². The van der Waals surface area contributed by atoms with Gasteiger partial charge in [0.25, 0.3) is 0 Å². The highest BCUT2D eigenvalue weighted by Crippen LogP contribution is 2.09. The van der Waals surface area contributed by atoms with Crippen LogP contribution in [0.5, 0.6) is 0 Å². The van der Waals surface area contributed by atoms with Gasteiger partial charge in [-0.15, -0.1) is 12.3 Å². The molecule has 0 radical (unpaired) electrons. The van der Waals surface area contributed by atoms with Gasteiger partial charge in [0.05, 0.1) is 6.10 Å². The summed E-state index contributed by atoms with van der Waals surface area (Å²) in [5, 5.41) is 9.64. The fourth-order valence-electron chi connectivity index (χ4n) is 1.43. The van der Waals surface area contributed by atoms with E-state index in [4.69, 9.17) is 6.42 Å². The second kappa shape index (κ2) is 6.21. The number of benzene rings is 1. The van der Waals surface area contributed by atoms with Gasteiger partial charge < -0.3 is 5.11 Å². The van der Waals surface area contributed by atoms with Crippen molar-refractivity contribution in [3.8, 4) is 12.3 Å². The molecule has 1 atom stereocenters. The van der Waals surface area contributed by atoms with E-state index >= 15 is 0 Å². The molecule has 1 rings (SSSR count). The quantitative estimate of drug-likeness (QED) is 0.580. The number of terminal acetylenes is 1. The minimum Gasteiger partial charge on any atom is -0.393 e. The number of aliphatic hydroxyl groups is 1. The molecule has 1 nitrogen and oxygen atoms in total. The van der Waals surface area contributed by atoms with E-state index in [0.717, 1.165) is 12.0 Å². The van der Waals surface area contributed by atoms with Crippen molar-refractivity contribution in [1.82, 2.24) is 0 Å². The lowest BCUT2D eigenvalue weighted by Gasteiger charge is -2.09. The normalized spacial score (nSPS) is 12.1. The van der Waals surface area contributed by atoms with Crippen LogP contribution in [0, 0.1) is 18.2 Å². The van der Waals surface area contributed by atoms with E-state index in [1.54, 1.807) is 12.1 Å². The maximum Gasteiger partial charge on any atom is 0.123 e. The van der Waals surface area contributed by atoms with Crippen molar-refractivity contribution in [3.05, 3.63) is 35.6 Å². The highest BCUT2D eigenvalue weighted by Gasteiger charge is 2.04. The first kappa shape index (κ1) is 11.7. The van der Waals surface area contributed by atoms with Crippen LogP contribution in [0.3, 0.4) is 0 Å². The van der Waals surface area contributed by atoms with Crippen LogP contribution in [0.25, 0.3) is 0 Å². The van der Waals surface area contributed by atoms with E-state index in [1.807, 2.05) is 0 Å². The molecule has 1 unspecified atom stereocenters. The van der Waals surface area contributed by atoms with Gasteiger partial charge in [-0.1, -0.05) is 12.1 Å². The van der Waals surface area contributed by atoms with Crippen molar-refractivity contribution in [2.45, 2.75) is 31.8 Å². The Balaban J connectivity index is 2.34. The van der Waals surface area contributed by atoms with Crippen molar-refractivity contribution in [2.24, 2.45) is 0 Å². The summed E-state index contributed by atoms with van der Waals surface area (Å²) in [5.74, 6) is 2.28. The fourth-order valence-corrected chi connectivity index (χ4v) is 1.43. The largest absolute Gasteiger partial charge is 0.393 e. The molecule has 0 aliphatic heterocycles. The molecular formula is C13H15FO. The lowest BCUT2D eigenvalue weighted by Crippen LogP contribution is -2.10. The molecule has 0 amide bonds. The van der Waals surface area contributed by atoms with Crippen LogP contribution in [0.2, 0.25) is 0 Å². The Bertz CT molecular complexity index is 323. The molecule has 1 aromatic rings. The molecule has 0 spiro atoms. The topological polar surface area (TPSA) is 20.2 Å². The summed E-state index contributed by atoms with van der Waals surface area (Å²) in [6.07, 6.45) is 7.51. The SMILES string of the molecule is C#CCCCC(O)Cc1ccc(F)cc1. The summed E-state index contributed by atoms with van der Waals surface area (Å²) in [6.45, 7) is 0. The number of hydrogen-bond donors (Lipinski definition) is 1. The summed E-state index contributed by atoms with van der Waals surface area (Å²) >= 11 is 0. The molecule has 0 aliphatic carbocycles. The third-order valence-electron chi connectivity index (χ3n) is 2.24. The number of halogens is 1. The molecular weight excluding hydrogens is 191 g/mol. The third kappa shape index (κ3) is 4.62. The zero-order valence-corrected chi connectivity index (χ0v) is 8.62. The van der Waals surface area contributed by atoms with Crippen LogP contribution >= 0.6 is 0 Å². The van der Waals surface area contributed by atoms with Crippen molar-refractivity contribution in [2.75, 3.05) is 0 Å². The Kier molecular flexibility index (Phi) is 4.86. The Morgan fingerprint density at radius 2 is 2.00 bits per heavy atom. The maximum absolute atomic E-state index is 12.6. The van der Waals surface area contributed by atoms with Gasteiger partial charge in [-0.2, -0.15) is 0 Å². The molecule has 0 saturated carbocycles. The van der Waals surface area contributed by atoms with Gasteiger partial charge in [-0.25, -0.2) is 4.39 Å². The van der Waals surface area contributed by atoms with Crippen molar-refractivity contribution in [3.63, 3.8) is 0 Å². The number of rotatable bonds is 5. The van der Waals surface area contributed by atoms with E-state index in [1.165, 1.54) is 12.1 Å². The third-order valence-corrected chi connectivity index (χ3v) is 2.24. The molecule has 0 aliphatic rings. The first-order valence-electron chi connectivity index (χ1n) is 5.08. The number of aliphatic hydroxyl groups excluding tert-OH is 1. The van der Waals surface area contributed by atoms with E-state index in [0.29, 0.717) is 19.3 Å². The van der Waals surface area contributed by atoms with Gasteiger partial charge in [0, 0.05) is 6.42 Å². The predicted molar refractivity (Wildman–Crippen MR) is 58.8 cm³/mol. The maximum atomic E-state index is 12.6. The number of hydrogen-bond acceptors (Lipinski definition) is 1. The van der Waals surface area contributed by atoms with Crippen molar-refractivity contribution in [1.29, 1.82) is 0 Å². The highest BCUT2D eigenvalue weighted by atomic mass is 19.1. The van der Waals surface area contributed by atoms with Crippen LogP contribution in [-0.4, -0.2) is 11.2 Å². The summed E-state index contributed by atoms with van der Waals surface area (Å²) in [4.78, 5) is 0. The van der Waals surface area contributed by atoms with Crippen molar-refractivity contribution < 1.29 is 9.50 Å². The van der Waals surface area contributed by atoms with Crippen LogP contribution < -0.4 is 0 Å². The second-order valence-corrected chi connectivity index (χ2v) is 3.58. The monoisotopic (exact) mass is 206 g/mol. The molecule has 15 heavy (non-hydrogen) atoms. The Morgan fingerprint density at radius 1 is 1.33 bits per heavy atom. The minimum absolute atomic E-state index is 0.249. The molecule has 0 fully saturated rings. The first-order valence-corrected chi connectivity index (χ1v) is 5.08. The summed E-state index contributed by atoms with van der Waals surface area (Å²) in [6, 6.07) is 6.20. The van der Waals surface area contributed by atoms with Crippen molar-refractivity contribution >= 4 is 0 Å². The van der Waals surface area contributed by atoms with Crippen LogP contribution in [0.1, 0.15) is 24.8 Å². The molecule has 1 aromatic carbocycles. The van der Waals surface area contributed by atoms with Crippen LogP contribution in [-0.2, 0) is 6.42 Å². The smallest absolute Gasteiger partial charge is 0.123 e. The van der Waals surface area contributed by atoms with Gasteiger partial charge in [-0.05, 0) is 37.0 Å². The Hall–Kier alpha value is -1.33. The standard InChI is InChI=1S/C13H15FO/c1-2-3-4-5-13(15)10-11-6-8-12(14)9-7-11/h1,6-9,13,15H,3-5,10H2.